The maximum atomic E-state index is 11.8. The molecule has 0 bridgehead atoms. The van der Waals surface area contributed by atoms with Crippen molar-refractivity contribution in [3.63, 3.8) is 0 Å². The average molecular weight is 316 g/mol. The highest BCUT2D eigenvalue weighted by Gasteiger charge is 2.12. The zero-order valence-electron chi connectivity index (χ0n) is 13.5. The minimum absolute atomic E-state index is 0.0429. The maximum absolute atomic E-state index is 11.8. The predicted molar refractivity (Wildman–Crippen MR) is 90.2 cm³/mol. The molecule has 1 aliphatic heterocycles. The third kappa shape index (κ3) is 5.53. The lowest BCUT2D eigenvalue weighted by atomic mass is 9.93. The van der Waals surface area contributed by atoms with Gasteiger partial charge in [-0.1, -0.05) is 37.3 Å². The molecule has 0 radical (unpaired) electrons. The fourth-order valence-corrected chi connectivity index (χ4v) is 2.69. The second-order valence-corrected chi connectivity index (χ2v) is 5.90. The quantitative estimate of drug-likeness (QED) is 0.720. The average Bonchev–Trinajstić information content (AvgIpc) is 2.55. The summed E-state index contributed by atoms with van der Waals surface area (Å²) in [5.74, 6) is -0.902. The molecule has 1 heterocycles. The van der Waals surface area contributed by atoms with Crippen molar-refractivity contribution in [2.45, 2.75) is 32.1 Å². The summed E-state index contributed by atoms with van der Waals surface area (Å²) in [5.41, 5.74) is 3.74. The molecular weight excluding hydrogens is 292 g/mol. The molecule has 1 aliphatic rings. The monoisotopic (exact) mass is 316 g/mol. The Labute approximate surface area is 136 Å². The van der Waals surface area contributed by atoms with Gasteiger partial charge < -0.3 is 15.7 Å². The zero-order valence-corrected chi connectivity index (χ0v) is 13.5. The van der Waals surface area contributed by atoms with Crippen LogP contribution in [0.5, 0.6) is 0 Å². The number of rotatable bonds is 7. The molecule has 23 heavy (non-hydrogen) atoms. The van der Waals surface area contributed by atoms with Crippen LogP contribution in [0.15, 0.2) is 30.3 Å². The van der Waals surface area contributed by atoms with E-state index in [0.29, 0.717) is 6.42 Å². The van der Waals surface area contributed by atoms with Crippen LogP contribution in [0.3, 0.4) is 0 Å². The molecule has 1 atom stereocenters. The van der Waals surface area contributed by atoms with Crippen molar-refractivity contribution in [3.8, 4) is 0 Å². The van der Waals surface area contributed by atoms with Crippen molar-refractivity contribution in [2.24, 2.45) is 0 Å². The van der Waals surface area contributed by atoms with Crippen LogP contribution in [0.4, 0.5) is 0 Å². The molecule has 3 N–H and O–H groups in total. The van der Waals surface area contributed by atoms with Crippen LogP contribution in [0.2, 0.25) is 0 Å². The number of aliphatic carboxylic acids is 1. The van der Waals surface area contributed by atoms with E-state index in [1.807, 2.05) is 6.92 Å². The van der Waals surface area contributed by atoms with Gasteiger partial charge in [0.1, 0.15) is 0 Å². The van der Waals surface area contributed by atoms with Gasteiger partial charge in [-0.3, -0.25) is 9.59 Å². The standard InChI is InChI=1S/C18H24N2O3/c1-13(12-17(21)20-11-8-18(22)23)14-2-4-15(5-3-14)16-6-9-19-10-7-16/h2-6,13,19H,7-12H2,1H3,(H,20,21)(H,22,23). The maximum Gasteiger partial charge on any atom is 0.305 e. The number of hydrogen-bond acceptors (Lipinski definition) is 3. The first-order valence-electron chi connectivity index (χ1n) is 8.05. The van der Waals surface area contributed by atoms with E-state index >= 15 is 0 Å². The molecule has 1 amide bonds. The van der Waals surface area contributed by atoms with Crippen LogP contribution in [-0.2, 0) is 9.59 Å². The molecule has 0 spiro atoms. The molecule has 1 aromatic carbocycles. The van der Waals surface area contributed by atoms with Crippen molar-refractivity contribution < 1.29 is 14.7 Å². The number of hydrogen-bond donors (Lipinski definition) is 3. The Bertz CT molecular complexity index is 578. The van der Waals surface area contributed by atoms with Gasteiger partial charge in [-0.05, 0) is 35.6 Å². The first-order chi connectivity index (χ1) is 11.1. The van der Waals surface area contributed by atoms with E-state index in [0.717, 1.165) is 25.1 Å². The fraction of sp³-hybridized carbons (Fsp3) is 0.444. The molecule has 0 aromatic heterocycles. The van der Waals surface area contributed by atoms with Crippen LogP contribution in [0, 0.1) is 0 Å². The smallest absolute Gasteiger partial charge is 0.305 e. The molecule has 1 unspecified atom stereocenters. The Hall–Kier alpha value is -2.14. The second kappa shape index (κ2) is 8.48. The highest BCUT2D eigenvalue weighted by atomic mass is 16.4. The van der Waals surface area contributed by atoms with Crippen molar-refractivity contribution >= 4 is 17.4 Å². The molecule has 5 heteroatoms. The van der Waals surface area contributed by atoms with Gasteiger partial charge in [0, 0.05) is 19.5 Å². The van der Waals surface area contributed by atoms with Gasteiger partial charge in [-0.2, -0.15) is 0 Å². The van der Waals surface area contributed by atoms with E-state index in [1.54, 1.807) is 0 Å². The van der Waals surface area contributed by atoms with Crippen LogP contribution >= 0.6 is 0 Å². The minimum atomic E-state index is -0.902. The fourth-order valence-electron chi connectivity index (χ4n) is 2.69. The minimum Gasteiger partial charge on any atom is -0.481 e. The van der Waals surface area contributed by atoms with Crippen LogP contribution in [-0.4, -0.2) is 36.6 Å². The summed E-state index contributed by atoms with van der Waals surface area (Å²) in [6.07, 6.45) is 3.59. The summed E-state index contributed by atoms with van der Waals surface area (Å²) in [6, 6.07) is 8.39. The largest absolute Gasteiger partial charge is 0.481 e. The van der Waals surface area contributed by atoms with Gasteiger partial charge in [0.05, 0.1) is 6.42 Å². The Morgan fingerprint density at radius 1 is 1.30 bits per heavy atom. The van der Waals surface area contributed by atoms with Crippen LogP contribution in [0.1, 0.15) is 43.2 Å². The van der Waals surface area contributed by atoms with Crippen molar-refractivity contribution in [1.82, 2.24) is 10.6 Å². The molecule has 0 saturated carbocycles. The molecule has 124 valence electrons. The molecule has 0 aliphatic carbocycles. The summed E-state index contributed by atoms with van der Waals surface area (Å²) >= 11 is 0. The molecule has 2 rings (SSSR count). The number of carbonyl (C=O) groups is 2. The van der Waals surface area contributed by atoms with E-state index in [1.165, 1.54) is 11.1 Å². The van der Waals surface area contributed by atoms with E-state index in [-0.39, 0.29) is 24.8 Å². The van der Waals surface area contributed by atoms with Crippen molar-refractivity contribution in [3.05, 3.63) is 41.5 Å². The number of amides is 1. The summed E-state index contributed by atoms with van der Waals surface area (Å²) in [4.78, 5) is 22.2. The van der Waals surface area contributed by atoms with Crippen LogP contribution in [0.25, 0.3) is 5.57 Å². The topological polar surface area (TPSA) is 78.4 Å². The van der Waals surface area contributed by atoms with E-state index in [2.05, 4.69) is 41.0 Å². The van der Waals surface area contributed by atoms with Gasteiger partial charge in [0.25, 0.3) is 0 Å². The van der Waals surface area contributed by atoms with E-state index < -0.39 is 5.97 Å². The summed E-state index contributed by atoms with van der Waals surface area (Å²) in [6.45, 7) is 4.13. The molecular formula is C18H24N2O3. The third-order valence-corrected chi connectivity index (χ3v) is 4.07. The highest BCUT2D eigenvalue weighted by molar-refractivity contribution is 5.77. The Morgan fingerprint density at radius 2 is 2.04 bits per heavy atom. The molecule has 1 aromatic rings. The van der Waals surface area contributed by atoms with E-state index in [9.17, 15) is 9.59 Å². The first-order valence-corrected chi connectivity index (χ1v) is 8.05. The van der Waals surface area contributed by atoms with Crippen molar-refractivity contribution in [1.29, 1.82) is 0 Å². The SMILES string of the molecule is CC(CC(=O)NCCC(=O)O)c1ccc(C2=CCNCC2)cc1. The number of carboxylic acid groups (broad SMARTS) is 1. The zero-order chi connectivity index (χ0) is 16.7. The number of carboxylic acids is 1. The van der Waals surface area contributed by atoms with Gasteiger partial charge in [0.2, 0.25) is 5.91 Å². The number of carbonyl (C=O) groups excluding carboxylic acids is 1. The van der Waals surface area contributed by atoms with Gasteiger partial charge in [-0.25, -0.2) is 0 Å². The summed E-state index contributed by atoms with van der Waals surface area (Å²) in [7, 11) is 0. The lowest BCUT2D eigenvalue weighted by Crippen LogP contribution is -2.26. The Kier molecular flexibility index (Phi) is 6.35. The van der Waals surface area contributed by atoms with Crippen molar-refractivity contribution in [2.75, 3.05) is 19.6 Å². The number of benzene rings is 1. The first kappa shape index (κ1) is 17.2. The highest BCUT2D eigenvalue weighted by Crippen LogP contribution is 2.24. The number of nitrogens with one attached hydrogen (secondary N) is 2. The predicted octanol–water partition coefficient (Wildman–Crippen LogP) is 2.15. The lowest BCUT2D eigenvalue weighted by molar-refractivity contribution is -0.136. The summed E-state index contributed by atoms with van der Waals surface area (Å²) in [5, 5.41) is 14.5. The summed E-state index contributed by atoms with van der Waals surface area (Å²) < 4.78 is 0. The normalized spacial score (nSPS) is 15.6. The lowest BCUT2D eigenvalue weighted by Gasteiger charge is -2.16. The third-order valence-electron chi connectivity index (χ3n) is 4.07. The van der Waals surface area contributed by atoms with Gasteiger partial charge >= 0.3 is 5.97 Å². The van der Waals surface area contributed by atoms with Crippen LogP contribution < -0.4 is 10.6 Å². The molecule has 0 fully saturated rings. The molecule has 0 saturated heterocycles. The van der Waals surface area contributed by atoms with E-state index in [4.69, 9.17) is 5.11 Å². The van der Waals surface area contributed by atoms with Gasteiger partial charge in [0.15, 0.2) is 0 Å². The van der Waals surface area contributed by atoms with Gasteiger partial charge in [-0.15, -0.1) is 0 Å². The Morgan fingerprint density at radius 3 is 2.65 bits per heavy atom. The second-order valence-electron chi connectivity index (χ2n) is 5.90. The Balaban J connectivity index is 1.87. The molecule has 5 nitrogen and oxygen atoms in total.